The molecule has 3 nitrogen and oxygen atoms in total. The number of pyridine rings is 1. The van der Waals surface area contributed by atoms with Crippen molar-refractivity contribution < 1.29 is 0 Å². The lowest BCUT2D eigenvalue weighted by molar-refractivity contribution is 0.273. The van der Waals surface area contributed by atoms with E-state index in [0.29, 0.717) is 11.8 Å². The molecule has 0 amide bonds. The Kier molecular flexibility index (Phi) is 2.71. The van der Waals surface area contributed by atoms with E-state index in [0.717, 1.165) is 19.6 Å². The minimum Gasteiger partial charge on any atom is -0.343 e. The highest BCUT2D eigenvalue weighted by molar-refractivity contribution is 5.87. The fraction of sp³-hybridized carbons (Fsp3) is 0.350. The molecule has 0 saturated heterocycles. The lowest BCUT2D eigenvalue weighted by Gasteiger charge is -2.31. The van der Waals surface area contributed by atoms with Gasteiger partial charge >= 0.3 is 0 Å². The number of benzene rings is 1. The van der Waals surface area contributed by atoms with Gasteiger partial charge in [0.1, 0.15) is 0 Å². The van der Waals surface area contributed by atoms with Crippen molar-refractivity contribution in [3.05, 3.63) is 65.1 Å². The summed E-state index contributed by atoms with van der Waals surface area (Å²) in [6.45, 7) is 5.48. The van der Waals surface area contributed by atoms with E-state index in [1.165, 1.54) is 22.0 Å². The average Bonchev–Trinajstić information content (AvgIpc) is 3.07. The van der Waals surface area contributed by atoms with Gasteiger partial charge in [-0.1, -0.05) is 17.7 Å². The fourth-order valence-corrected chi connectivity index (χ4v) is 4.68. The molecule has 2 aliphatic heterocycles. The molecule has 23 heavy (non-hydrogen) atoms. The fourth-order valence-electron chi connectivity index (χ4n) is 4.68. The minimum absolute atomic E-state index is 0.547. The summed E-state index contributed by atoms with van der Waals surface area (Å²) in [6, 6.07) is 11.2. The molecule has 0 aliphatic carbocycles. The third-order valence-corrected chi connectivity index (χ3v) is 5.63. The van der Waals surface area contributed by atoms with Crippen molar-refractivity contribution in [2.24, 2.45) is 0 Å². The van der Waals surface area contributed by atoms with E-state index >= 15 is 0 Å². The van der Waals surface area contributed by atoms with E-state index in [1.54, 1.807) is 11.3 Å². The van der Waals surface area contributed by atoms with Crippen LogP contribution in [0.15, 0.2) is 42.7 Å². The third-order valence-electron chi connectivity index (χ3n) is 5.63. The third kappa shape index (κ3) is 1.83. The quantitative estimate of drug-likeness (QED) is 0.684. The maximum atomic E-state index is 4.36. The zero-order valence-corrected chi connectivity index (χ0v) is 13.7. The first-order valence-corrected chi connectivity index (χ1v) is 8.42. The van der Waals surface area contributed by atoms with Crippen LogP contribution in [-0.4, -0.2) is 28.0 Å². The predicted octanol–water partition coefficient (Wildman–Crippen LogP) is 3.67. The average molecular weight is 303 g/mol. The monoisotopic (exact) mass is 303 g/mol. The molecular weight excluding hydrogens is 282 g/mol. The molecule has 116 valence electrons. The first-order chi connectivity index (χ1) is 11.2. The van der Waals surface area contributed by atoms with E-state index < -0.39 is 0 Å². The van der Waals surface area contributed by atoms with Crippen molar-refractivity contribution in [2.45, 2.75) is 31.8 Å². The minimum atomic E-state index is 0.547. The molecule has 3 heteroatoms. The molecule has 4 heterocycles. The molecule has 2 aromatic heterocycles. The molecule has 2 atom stereocenters. The summed E-state index contributed by atoms with van der Waals surface area (Å²) in [5.41, 5.74) is 7.27. The van der Waals surface area contributed by atoms with Gasteiger partial charge in [-0.05, 0) is 43.3 Å². The lowest BCUT2D eigenvalue weighted by Crippen LogP contribution is -2.31. The second kappa shape index (κ2) is 4.68. The number of hydrogen-bond donors (Lipinski definition) is 0. The summed E-state index contributed by atoms with van der Waals surface area (Å²) < 4.78 is 2.58. The first kappa shape index (κ1) is 13.3. The first-order valence-electron chi connectivity index (χ1n) is 8.42. The summed E-state index contributed by atoms with van der Waals surface area (Å²) in [5.74, 6) is 1.13. The van der Waals surface area contributed by atoms with Gasteiger partial charge in [-0.15, -0.1) is 0 Å². The molecule has 2 aliphatic rings. The summed E-state index contributed by atoms with van der Waals surface area (Å²) in [5, 5.41) is 1.46. The number of nitrogens with zero attached hydrogens (tertiary/aromatic N) is 3. The molecule has 0 N–H and O–H groups in total. The SMILES string of the molecule is Cc1ccc2c(c1)c1c3n2CC(c2cccnc2)C3CN(C)C1. The van der Waals surface area contributed by atoms with Crippen LogP contribution in [0.25, 0.3) is 10.9 Å². The largest absolute Gasteiger partial charge is 0.343 e. The Labute approximate surface area is 136 Å². The highest BCUT2D eigenvalue weighted by atomic mass is 15.1. The number of fused-ring (bicyclic) bond motifs is 3. The number of aryl methyl sites for hydroxylation is 1. The molecule has 3 aromatic rings. The Hall–Kier alpha value is -2.13. The van der Waals surface area contributed by atoms with Crippen molar-refractivity contribution in [2.75, 3.05) is 13.6 Å². The van der Waals surface area contributed by atoms with Crippen LogP contribution in [0.4, 0.5) is 0 Å². The van der Waals surface area contributed by atoms with Gasteiger partial charge in [-0.3, -0.25) is 4.98 Å². The molecule has 0 radical (unpaired) electrons. The summed E-state index contributed by atoms with van der Waals surface area (Å²) >= 11 is 0. The van der Waals surface area contributed by atoms with Gasteiger partial charge in [0.15, 0.2) is 0 Å². The lowest BCUT2D eigenvalue weighted by atomic mass is 9.83. The van der Waals surface area contributed by atoms with Gasteiger partial charge in [0, 0.05) is 60.5 Å². The van der Waals surface area contributed by atoms with Crippen LogP contribution >= 0.6 is 0 Å². The zero-order valence-electron chi connectivity index (χ0n) is 13.7. The molecule has 2 unspecified atom stereocenters. The number of rotatable bonds is 1. The van der Waals surface area contributed by atoms with Gasteiger partial charge in [0.05, 0.1) is 0 Å². The number of likely N-dealkylation sites (N-methyl/N-ethyl adjacent to an activating group) is 1. The topological polar surface area (TPSA) is 21.1 Å². The van der Waals surface area contributed by atoms with Gasteiger partial charge in [0.2, 0.25) is 0 Å². The van der Waals surface area contributed by atoms with Gasteiger partial charge in [-0.25, -0.2) is 0 Å². The van der Waals surface area contributed by atoms with Gasteiger partial charge < -0.3 is 9.47 Å². The van der Waals surface area contributed by atoms with E-state index in [2.05, 4.69) is 65.0 Å². The molecule has 1 aromatic carbocycles. The maximum Gasteiger partial charge on any atom is 0.0486 e. The van der Waals surface area contributed by atoms with Crippen molar-refractivity contribution in [3.63, 3.8) is 0 Å². The second-order valence-corrected chi connectivity index (χ2v) is 7.19. The summed E-state index contributed by atoms with van der Waals surface area (Å²) in [6.07, 6.45) is 3.92. The van der Waals surface area contributed by atoms with Crippen molar-refractivity contribution in [3.8, 4) is 0 Å². The standard InChI is InChI=1S/C20H21N3/c1-13-5-6-19-15(8-13)17-10-22(2)11-18-16(12-23(19)20(17)18)14-4-3-7-21-9-14/h3-9,16,18H,10-12H2,1-2H3. The van der Waals surface area contributed by atoms with Crippen LogP contribution in [0, 0.1) is 6.92 Å². The highest BCUT2D eigenvalue weighted by Crippen LogP contribution is 2.48. The molecule has 0 bridgehead atoms. The number of hydrogen-bond acceptors (Lipinski definition) is 2. The Morgan fingerprint density at radius 3 is 2.87 bits per heavy atom. The Morgan fingerprint density at radius 2 is 2.04 bits per heavy atom. The van der Waals surface area contributed by atoms with Crippen LogP contribution in [0.1, 0.15) is 34.2 Å². The normalized spacial score (nSPS) is 23.4. The van der Waals surface area contributed by atoms with Crippen LogP contribution in [0.3, 0.4) is 0 Å². The molecule has 0 saturated carbocycles. The van der Waals surface area contributed by atoms with Crippen LogP contribution in [-0.2, 0) is 13.1 Å². The van der Waals surface area contributed by atoms with E-state index in [9.17, 15) is 0 Å². The highest BCUT2D eigenvalue weighted by Gasteiger charge is 2.40. The van der Waals surface area contributed by atoms with Crippen molar-refractivity contribution >= 4 is 10.9 Å². The van der Waals surface area contributed by atoms with E-state index in [-0.39, 0.29) is 0 Å². The van der Waals surface area contributed by atoms with Crippen LogP contribution in [0.5, 0.6) is 0 Å². The molecular formula is C20H21N3. The smallest absolute Gasteiger partial charge is 0.0486 e. The maximum absolute atomic E-state index is 4.36. The van der Waals surface area contributed by atoms with Crippen molar-refractivity contribution in [1.29, 1.82) is 0 Å². The van der Waals surface area contributed by atoms with Crippen LogP contribution in [0.2, 0.25) is 0 Å². The predicted molar refractivity (Wildman–Crippen MR) is 92.7 cm³/mol. The van der Waals surface area contributed by atoms with Crippen molar-refractivity contribution in [1.82, 2.24) is 14.5 Å². The van der Waals surface area contributed by atoms with E-state index in [4.69, 9.17) is 0 Å². The van der Waals surface area contributed by atoms with Gasteiger partial charge in [-0.2, -0.15) is 0 Å². The summed E-state index contributed by atoms with van der Waals surface area (Å²) in [4.78, 5) is 6.84. The second-order valence-electron chi connectivity index (χ2n) is 7.19. The Balaban J connectivity index is 1.73. The van der Waals surface area contributed by atoms with Crippen LogP contribution < -0.4 is 0 Å². The molecule has 0 fully saturated rings. The Bertz CT molecular complexity index is 894. The zero-order chi connectivity index (χ0) is 15.6. The molecule has 0 spiro atoms. The molecule has 5 rings (SSSR count). The Morgan fingerprint density at radius 1 is 1.13 bits per heavy atom. The van der Waals surface area contributed by atoms with E-state index in [1.807, 2.05) is 6.20 Å². The summed E-state index contributed by atoms with van der Waals surface area (Å²) in [7, 11) is 2.25. The van der Waals surface area contributed by atoms with Gasteiger partial charge in [0.25, 0.3) is 0 Å². The number of aromatic nitrogens is 2.